The first-order valence-corrected chi connectivity index (χ1v) is 11.2. The molecule has 0 saturated heterocycles. The lowest BCUT2D eigenvalue weighted by atomic mass is 10.1. The summed E-state index contributed by atoms with van der Waals surface area (Å²) in [6.45, 7) is 3.69. The van der Waals surface area contributed by atoms with Crippen molar-refractivity contribution in [1.82, 2.24) is 5.16 Å². The number of hydrogen-bond acceptors (Lipinski definition) is 6. The Labute approximate surface area is 189 Å². The highest BCUT2D eigenvalue weighted by atomic mass is 32.2. The summed E-state index contributed by atoms with van der Waals surface area (Å²) in [5.41, 5.74) is 4.14. The second-order valence-electron chi connectivity index (χ2n) is 7.38. The van der Waals surface area contributed by atoms with Crippen LogP contribution in [0.5, 0.6) is 0 Å². The molecule has 0 atom stereocenters. The van der Waals surface area contributed by atoms with Crippen LogP contribution in [0.25, 0.3) is 0 Å². The number of nitrogens with one attached hydrogen (secondary N) is 2. The third kappa shape index (κ3) is 4.67. The minimum absolute atomic E-state index is 0.0450. The second-order valence-corrected chi connectivity index (χ2v) is 8.36. The average molecular weight is 451 g/mol. The van der Waals surface area contributed by atoms with Gasteiger partial charge in [-0.15, -0.1) is 11.8 Å². The van der Waals surface area contributed by atoms with E-state index < -0.39 is 0 Å². The highest BCUT2D eigenvalue weighted by Crippen LogP contribution is 2.30. The summed E-state index contributed by atoms with van der Waals surface area (Å²) in [7, 11) is 0. The number of anilines is 3. The molecule has 0 saturated carbocycles. The Balaban J connectivity index is 1.35. The van der Waals surface area contributed by atoms with Gasteiger partial charge in [0.25, 0.3) is 5.91 Å². The van der Waals surface area contributed by atoms with Gasteiger partial charge in [0.15, 0.2) is 0 Å². The fourth-order valence-electron chi connectivity index (χ4n) is 3.42. The van der Waals surface area contributed by atoms with Crippen molar-refractivity contribution in [1.29, 1.82) is 0 Å². The maximum Gasteiger partial charge on any atom is 0.258 e. The number of amides is 3. The fourth-order valence-corrected chi connectivity index (χ4v) is 4.39. The maximum absolute atomic E-state index is 13.0. The molecular weight excluding hydrogens is 428 g/mol. The van der Waals surface area contributed by atoms with Crippen LogP contribution in [0.1, 0.15) is 27.4 Å². The monoisotopic (exact) mass is 450 g/mol. The minimum atomic E-state index is -0.278. The zero-order valence-corrected chi connectivity index (χ0v) is 18.5. The van der Waals surface area contributed by atoms with E-state index in [0.29, 0.717) is 28.4 Å². The number of aromatic nitrogens is 1. The summed E-state index contributed by atoms with van der Waals surface area (Å²) in [5.74, 6) is 1.04. The highest BCUT2D eigenvalue weighted by Gasteiger charge is 2.27. The molecule has 8 nitrogen and oxygen atoms in total. The third-order valence-corrected chi connectivity index (χ3v) is 6.05. The van der Waals surface area contributed by atoms with Crippen molar-refractivity contribution in [3.05, 3.63) is 71.1 Å². The van der Waals surface area contributed by atoms with E-state index in [-0.39, 0.29) is 30.0 Å². The van der Waals surface area contributed by atoms with Gasteiger partial charge in [0.2, 0.25) is 11.8 Å². The van der Waals surface area contributed by atoms with Crippen molar-refractivity contribution in [3.8, 4) is 0 Å². The quantitative estimate of drug-likeness (QED) is 0.593. The number of hydrogen-bond donors (Lipinski definition) is 2. The van der Waals surface area contributed by atoms with E-state index in [1.54, 1.807) is 42.5 Å². The topological polar surface area (TPSA) is 105 Å². The van der Waals surface area contributed by atoms with Gasteiger partial charge in [0.1, 0.15) is 12.3 Å². The fraction of sp³-hybridized carbons (Fsp3) is 0.217. The molecule has 2 aromatic carbocycles. The largest absolute Gasteiger partial charge is 0.361 e. The number of benzene rings is 2. The molecule has 0 radical (unpaired) electrons. The maximum atomic E-state index is 13.0. The molecule has 0 fully saturated rings. The van der Waals surface area contributed by atoms with Crippen molar-refractivity contribution in [3.63, 3.8) is 0 Å². The van der Waals surface area contributed by atoms with Crippen LogP contribution in [0.3, 0.4) is 0 Å². The van der Waals surface area contributed by atoms with E-state index in [0.717, 1.165) is 17.0 Å². The summed E-state index contributed by atoms with van der Waals surface area (Å²) in [6, 6.07) is 13.8. The molecule has 32 heavy (non-hydrogen) atoms. The first-order chi connectivity index (χ1) is 15.4. The number of aryl methyl sites for hydroxylation is 2. The number of fused-ring (bicyclic) bond motifs is 1. The summed E-state index contributed by atoms with van der Waals surface area (Å²) in [4.78, 5) is 38.7. The van der Waals surface area contributed by atoms with E-state index in [4.69, 9.17) is 4.52 Å². The van der Waals surface area contributed by atoms with Gasteiger partial charge < -0.3 is 15.2 Å². The van der Waals surface area contributed by atoms with Crippen molar-refractivity contribution in [2.75, 3.05) is 27.8 Å². The van der Waals surface area contributed by atoms with Gasteiger partial charge in [-0.25, -0.2) is 0 Å². The molecule has 3 aromatic rings. The molecule has 1 aromatic heterocycles. The zero-order valence-electron chi connectivity index (χ0n) is 17.7. The van der Waals surface area contributed by atoms with Crippen LogP contribution >= 0.6 is 11.8 Å². The van der Waals surface area contributed by atoms with E-state index >= 15 is 0 Å². The van der Waals surface area contributed by atoms with Crippen molar-refractivity contribution in [2.45, 2.75) is 19.6 Å². The molecule has 2 heterocycles. The SMILES string of the molecule is Cc1noc(C)c1CSCC(=O)Nc1ccc(C(=O)N2CC(=O)Nc3ccccc32)cc1. The lowest BCUT2D eigenvalue weighted by molar-refractivity contribution is -0.115. The average Bonchev–Trinajstić information content (AvgIpc) is 3.10. The number of para-hydroxylation sites is 2. The van der Waals surface area contributed by atoms with Crippen LogP contribution in [0, 0.1) is 13.8 Å². The van der Waals surface area contributed by atoms with Gasteiger partial charge in [0.05, 0.1) is 22.8 Å². The Hall–Kier alpha value is -3.59. The van der Waals surface area contributed by atoms with E-state index in [9.17, 15) is 14.4 Å². The molecule has 164 valence electrons. The summed E-state index contributed by atoms with van der Waals surface area (Å²) >= 11 is 1.48. The Morgan fingerprint density at radius 3 is 2.62 bits per heavy atom. The van der Waals surface area contributed by atoms with Crippen LogP contribution in [-0.4, -0.2) is 35.2 Å². The second kappa shape index (κ2) is 9.27. The van der Waals surface area contributed by atoms with E-state index in [1.807, 2.05) is 19.9 Å². The Bertz CT molecular complexity index is 1150. The lowest BCUT2D eigenvalue weighted by Gasteiger charge is -2.29. The standard InChI is InChI=1S/C23H22N4O4S/c1-14-18(15(2)31-26-14)12-32-13-22(29)24-17-9-7-16(8-10-17)23(30)27-11-21(28)25-19-5-3-4-6-20(19)27/h3-10H,11-13H2,1-2H3,(H,24,29)(H,25,28). The Kier molecular flexibility index (Phi) is 6.27. The molecule has 0 spiro atoms. The molecule has 0 aliphatic carbocycles. The molecule has 3 amide bonds. The van der Waals surface area contributed by atoms with Gasteiger partial charge in [-0.1, -0.05) is 17.3 Å². The van der Waals surface area contributed by atoms with Crippen LogP contribution in [0.15, 0.2) is 53.1 Å². The molecule has 0 bridgehead atoms. The van der Waals surface area contributed by atoms with Crippen LogP contribution in [-0.2, 0) is 15.3 Å². The minimum Gasteiger partial charge on any atom is -0.361 e. The summed E-state index contributed by atoms with van der Waals surface area (Å²) in [6.07, 6.45) is 0. The van der Waals surface area contributed by atoms with Crippen molar-refractivity contribution < 1.29 is 18.9 Å². The summed E-state index contributed by atoms with van der Waals surface area (Å²) < 4.78 is 5.13. The predicted octanol–water partition coefficient (Wildman–Crippen LogP) is 3.76. The van der Waals surface area contributed by atoms with Crippen molar-refractivity contribution in [2.24, 2.45) is 0 Å². The van der Waals surface area contributed by atoms with Gasteiger partial charge >= 0.3 is 0 Å². The van der Waals surface area contributed by atoms with E-state index in [1.165, 1.54) is 16.7 Å². The molecule has 1 aliphatic heterocycles. The molecular formula is C23H22N4O4S. The van der Waals surface area contributed by atoms with Crippen molar-refractivity contribution >= 4 is 46.5 Å². The van der Waals surface area contributed by atoms with Crippen LogP contribution in [0.2, 0.25) is 0 Å². The summed E-state index contributed by atoms with van der Waals surface area (Å²) in [5, 5.41) is 9.51. The molecule has 0 unspecified atom stereocenters. The normalized spacial score (nSPS) is 12.8. The number of carbonyl (C=O) groups excluding carboxylic acids is 3. The van der Waals surface area contributed by atoms with Gasteiger partial charge in [-0.2, -0.15) is 0 Å². The first kappa shape index (κ1) is 21.6. The number of nitrogens with zero attached hydrogens (tertiary/aromatic N) is 2. The highest BCUT2D eigenvalue weighted by molar-refractivity contribution is 7.99. The van der Waals surface area contributed by atoms with Gasteiger partial charge in [-0.05, 0) is 50.2 Å². The number of thioether (sulfide) groups is 1. The first-order valence-electron chi connectivity index (χ1n) is 10.0. The Morgan fingerprint density at radius 2 is 1.91 bits per heavy atom. The third-order valence-electron chi connectivity index (χ3n) is 5.09. The van der Waals surface area contributed by atoms with Crippen LogP contribution < -0.4 is 15.5 Å². The molecule has 1 aliphatic rings. The predicted molar refractivity (Wildman–Crippen MR) is 124 cm³/mol. The van der Waals surface area contributed by atoms with Gasteiger partial charge in [-0.3, -0.25) is 19.3 Å². The van der Waals surface area contributed by atoms with Crippen LogP contribution in [0.4, 0.5) is 17.1 Å². The molecule has 2 N–H and O–H groups in total. The number of carbonyl (C=O) groups is 3. The molecule has 4 rings (SSSR count). The van der Waals surface area contributed by atoms with E-state index in [2.05, 4.69) is 15.8 Å². The van der Waals surface area contributed by atoms with Gasteiger partial charge in [0, 0.05) is 22.6 Å². The zero-order chi connectivity index (χ0) is 22.7. The Morgan fingerprint density at radius 1 is 1.16 bits per heavy atom. The molecule has 9 heteroatoms. The number of rotatable bonds is 6. The lowest BCUT2D eigenvalue weighted by Crippen LogP contribution is -2.42. The smallest absolute Gasteiger partial charge is 0.258 e.